The van der Waals surface area contributed by atoms with E-state index in [2.05, 4.69) is 32.9 Å². The Morgan fingerprint density at radius 1 is 1.11 bits per heavy atom. The molecule has 6 rings (SSSR count). The van der Waals surface area contributed by atoms with Crippen LogP contribution in [0, 0.1) is 33.8 Å². The van der Waals surface area contributed by atoms with Crippen molar-refractivity contribution in [2.45, 2.75) is 153 Å². The van der Waals surface area contributed by atoms with E-state index in [0.29, 0.717) is 24.0 Å². The highest BCUT2D eigenvalue weighted by atomic mass is 16.7. The summed E-state index contributed by atoms with van der Waals surface area (Å²) in [4.78, 5) is 25.4. The number of nitrogens with two attached hydrogens (primary N) is 1. The minimum absolute atomic E-state index is 0.00811. The summed E-state index contributed by atoms with van der Waals surface area (Å²) in [5, 5.41) is 35.1. The van der Waals surface area contributed by atoms with Gasteiger partial charge in [0.05, 0.1) is 37.1 Å². The molecule has 5 aliphatic heterocycles. The fraction of sp³-hybridized carbons (Fsp3) is 0.738. The largest absolute Gasteiger partial charge is 0.462 e. The van der Waals surface area contributed by atoms with Crippen LogP contribution in [-0.4, -0.2) is 113 Å². The Labute approximate surface area is 330 Å². The van der Waals surface area contributed by atoms with Crippen LogP contribution in [0.4, 0.5) is 0 Å². The molecular weight excluding hydrogens is 724 g/mol. The van der Waals surface area contributed by atoms with Gasteiger partial charge in [0.15, 0.2) is 12.1 Å². The van der Waals surface area contributed by atoms with Gasteiger partial charge in [-0.25, -0.2) is 0 Å². The zero-order valence-corrected chi connectivity index (χ0v) is 34.0. The number of carbonyl (C=O) groups excluding carboxylic acids is 1. The molecule has 3 unspecified atom stereocenters. The molecule has 0 saturated carbocycles. The molecule has 1 spiro atoms. The van der Waals surface area contributed by atoms with E-state index in [1.165, 1.54) is 7.11 Å². The first-order chi connectivity index (χ1) is 26.4. The third-order valence-electron chi connectivity index (χ3n) is 13.1. The lowest BCUT2D eigenvalue weighted by atomic mass is 9.71. The molecule has 56 heavy (non-hydrogen) atoms. The number of fused-ring (bicyclic) bond motifs is 2. The number of allylic oxidation sites excluding steroid dienone is 2. The standard InChI is InChI=1S/C42H62N2O12/c1-9-23(2)37-26(5)15-16-40(56-37)20-31-18-30(55-40)14-13-25(4)36(54-34-19-33(50-8)41(43,22-44(48)49)28(7)52-34)24(3)11-10-12-29-21-51-38-35(45)27(6)17-32(39(46)53-31)42(29,38)47/h10-13,15-17,23-24,26,28,30-38,45,47H,9,14,18-22,43H2,1-8H3/t23?,24?,26-,28-,30+,31-,32-,33-,34-,35+,36-,37+,38+,40+,41?,42+/m0/s1. The minimum Gasteiger partial charge on any atom is -0.462 e. The molecule has 3 saturated heterocycles. The fourth-order valence-corrected chi connectivity index (χ4v) is 9.46. The molecular formula is C42H62N2O12. The molecule has 1 aliphatic carbocycles. The van der Waals surface area contributed by atoms with Crippen LogP contribution in [0.25, 0.3) is 0 Å². The summed E-state index contributed by atoms with van der Waals surface area (Å²) in [7, 11) is 1.48. The Hall–Kier alpha value is -2.79. The Balaban J connectivity index is 1.37. The van der Waals surface area contributed by atoms with Crippen molar-refractivity contribution < 1.29 is 53.1 Å². The zero-order valence-electron chi connectivity index (χ0n) is 34.0. The summed E-state index contributed by atoms with van der Waals surface area (Å²) in [6, 6.07) is 0. The van der Waals surface area contributed by atoms with Crippen molar-refractivity contribution in [1.82, 2.24) is 0 Å². The normalized spacial score (nSPS) is 45.0. The number of nitro groups is 1. The van der Waals surface area contributed by atoms with Crippen molar-refractivity contribution in [3.8, 4) is 0 Å². The summed E-state index contributed by atoms with van der Waals surface area (Å²) >= 11 is 0. The van der Waals surface area contributed by atoms with Gasteiger partial charge in [0.1, 0.15) is 35.4 Å². The van der Waals surface area contributed by atoms with E-state index in [1.807, 2.05) is 26.0 Å². The molecule has 5 heterocycles. The van der Waals surface area contributed by atoms with Crippen LogP contribution in [0.15, 0.2) is 59.3 Å². The van der Waals surface area contributed by atoms with Crippen molar-refractivity contribution in [1.29, 1.82) is 0 Å². The molecule has 16 atom stereocenters. The van der Waals surface area contributed by atoms with Crippen LogP contribution >= 0.6 is 0 Å². The second-order valence-corrected chi connectivity index (χ2v) is 17.1. The summed E-state index contributed by atoms with van der Waals surface area (Å²) in [5.74, 6) is -2.70. The van der Waals surface area contributed by atoms with E-state index in [-0.39, 0.29) is 43.3 Å². The van der Waals surface area contributed by atoms with Gasteiger partial charge >= 0.3 is 5.97 Å². The van der Waals surface area contributed by atoms with E-state index in [0.717, 1.165) is 12.0 Å². The topological polar surface area (TPSA) is 191 Å². The molecule has 14 nitrogen and oxygen atoms in total. The first-order valence-electron chi connectivity index (χ1n) is 20.2. The first-order valence-corrected chi connectivity index (χ1v) is 20.2. The van der Waals surface area contributed by atoms with Crippen molar-refractivity contribution >= 4 is 5.97 Å². The van der Waals surface area contributed by atoms with Crippen LogP contribution in [0.3, 0.4) is 0 Å². The van der Waals surface area contributed by atoms with E-state index >= 15 is 0 Å². The van der Waals surface area contributed by atoms with Gasteiger partial charge < -0.3 is 49.1 Å². The van der Waals surface area contributed by atoms with Crippen LogP contribution in [0.2, 0.25) is 0 Å². The molecule has 312 valence electrons. The average molecular weight is 787 g/mol. The third-order valence-corrected chi connectivity index (χ3v) is 13.1. The molecule has 2 bridgehead atoms. The summed E-state index contributed by atoms with van der Waals surface area (Å²) in [6.45, 7) is 13.3. The summed E-state index contributed by atoms with van der Waals surface area (Å²) in [6.07, 6.45) is 9.37. The van der Waals surface area contributed by atoms with Gasteiger partial charge in [0.25, 0.3) is 0 Å². The van der Waals surface area contributed by atoms with Gasteiger partial charge in [0.2, 0.25) is 6.54 Å². The van der Waals surface area contributed by atoms with Gasteiger partial charge in [-0.3, -0.25) is 14.9 Å². The Kier molecular flexibility index (Phi) is 12.9. The highest BCUT2D eigenvalue weighted by Crippen LogP contribution is 2.47. The molecule has 4 N–H and O–H groups in total. The molecule has 0 aromatic rings. The number of rotatable bonds is 7. The lowest BCUT2D eigenvalue weighted by molar-refractivity contribution is -0.498. The number of aliphatic hydroxyl groups is 2. The van der Waals surface area contributed by atoms with Gasteiger partial charge in [0, 0.05) is 43.1 Å². The van der Waals surface area contributed by atoms with Crippen LogP contribution < -0.4 is 5.73 Å². The first kappa shape index (κ1) is 42.8. The highest BCUT2D eigenvalue weighted by Gasteiger charge is 2.60. The quantitative estimate of drug-likeness (QED) is 0.142. The van der Waals surface area contributed by atoms with Crippen LogP contribution in [0.1, 0.15) is 80.6 Å². The van der Waals surface area contributed by atoms with Gasteiger partial charge in [-0.15, -0.1) is 0 Å². The monoisotopic (exact) mass is 786 g/mol. The number of methoxy groups -OCH3 is 1. The summed E-state index contributed by atoms with van der Waals surface area (Å²) in [5.41, 5.74) is 5.20. The number of carbonyl (C=O) groups is 1. The minimum atomic E-state index is -1.85. The van der Waals surface area contributed by atoms with Crippen LogP contribution in [-0.2, 0) is 38.0 Å². The number of ether oxygens (including phenoxy) is 7. The third kappa shape index (κ3) is 8.23. The average Bonchev–Trinajstić information content (AvgIpc) is 3.48. The van der Waals surface area contributed by atoms with Crippen LogP contribution in [0.5, 0.6) is 0 Å². The number of hydrogen-bond donors (Lipinski definition) is 3. The SMILES string of the molecule is CCC(C)[C@H]1O[C@]2(C=C[C@@H]1C)C[C@@H]1C[C@@H](CC=C(C)[C@@H](O[C@H]3C[C@H](OC)C(N)(C[N+](=O)[O-])[C@H](C)O3)C(C)C=CC=C3CO[C@@H]4[C@H](O)C(C)=C[C@@H](C(=O)O1)[C@]34O)O2. The van der Waals surface area contributed by atoms with E-state index < -0.39 is 89.3 Å². The zero-order chi connectivity index (χ0) is 40.7. The number of esters is 1. The molecule has 0 aromatic carbocycles. The van der Waals surface area contributed by atoms with E-state index in [9.17, 15) is 25.1 Å². The molecule has 0 aromatic heterocycles. The molecule has 6 aliphatic rings. The lowest BCUT2D eigenvalue weighted by Gasteiger charge is -2.48. The van der Waals surface area contributed by atoms with Crippen molar-refractivity contribution in [2.24, 2.45) is 29.4 Å². The molecule has 14 heteroatoms. The number of nitrogens with zero attached hydrogens (tertiary/aromatic N) is 1. The second-order valence-electron chi connectivity index (χ2n) is 17.1. The smallest absolute Gasteiger partial charge is 0.316 e. The van der Waals surface area contributed by atoms with Crippen molar-refractivity contribution in [3.63, 3.8) is 0 Å². The Bertz CT molecular complexity index is 1630. The van der Waals surface area contributed by atoms with Gasteiger partial charge in [-0.1, -0.05) is 70.6 Å². The maximum atomic E-state index is 14.3. The maximum Gasteiger partial charge on any atom is 0.316 e. The second kappa shape index (κ2) is 16.8. The Morgan fingerprint density at radius 3 is 2.55 bits per heavy atom. The van der Waals surface area contributed by atoms with E-state index in [4.69, 9.17) is 38.9 Å². The van der Waals surface area contributed by atoms with Gasteiger partial charge in [-0.05, 0) is 55.9 Å². The van der Waals surface area contributed by atoms with E-state index in [1.54, 1.807) is 32.1 Å². The predicted octanol–water partition coefficient (Wildman–Crippen LogP) is 4.46. The summed E-state index contributed by atoms with van der Waals surface area (Å²) < 4.78 is 44.6. The fourth-order valence-electron chi connectivity index (χ4n) is 9.46. The Morgan fingerprint density at radius 2 is 1.86 bits per heavy atom. The van der Waals surface area contributed by atoms with Gasteiger partial charge in [-0.2, -0.15) is 0 Å². The maximum absolute atomic E-state index is 14.3. The van der Waals surface area contributed by atoms with Crippen molar-refractivity contribution in [3.05, 3.63) is 69.4 Å². The molecule has 0 radical (unpaired) electrons. The number of hydrogen-bond acceptors (Lipinski definition) is 13. The molecule has 3 fully saturated rings. The van der Waals surface area contributed by atoms with Crippen molar-refractivity contribution in [2.75, 3.05) is 20.3 Å². The predicted molar refractivity (Wildman–Crippen MR) is 205 cm³/mol. The highest BCUT2D eigenvalue weighted by molar-refractivity contribution is 5.78. The lowest BCUT2D eigenvalue weighted by Crippen LogP contribution is -2.68. The number of aliphatic hydroxyl groups excluding tert-OH is 1. The molecule has 0 amide bonds.